The molecule has 2 N–H and O–H groups in total. The Morgan fingerprint density at radius 2 is 1.48 bits per heavy atom. The van der Waals surface area contributed by atoms with E-state index in [0.29, 0.717) is 13.1 Å². The number of hydrogen-bond acceptors (Lipinski definition) is 2. The molecule has 1 fully saturated rings. The summed E-state index contributed by atoms with van der Waals surface area (Å²) >= 11 is 0. The summed E-state index contributed by atoms with van der Waals surface area (Å²) in [4.78, 5) is 28.2. The van der Waals surface area contributed by atoms with Crippen LogP contribution in [0, 0.1) is 5.92 Å². The number of piperidine rings is 1. The minimum absolute atomic E-state index is 0.00118. The summed E-state index contributed by atoms with van der Waals surface area (Å²) in [6.07, 6.45) is 1.50. The average molecular weight is 442 g/mol. The molecule has 0 saturated carbocycles. The van der Waals surface area contributed by atoms with Gasteiger partial charge in [0.2, 0.25) is 5.91 Å². The molecule has 3 aromatic carbocycles. The zero-order chi connectivity index (χ0) is 23.0. The van der Waals surface area contributed by atoms with Gasteiger partial charge in [-0.15, -0.1) is 0 Å². The summed E-state index contributed by atoms with van der Waals surface area (Å²) in [7, 11) is 0. The van der Waals surface area contributed by atoms with E-state index in [1.54, 1.807) is 0 Å². The zero-order valence-corrected chi connectivity index (χ0v) is 19.0. The number of carbonyl (C=O) groups is 2. The topological polar surface area (TPSA) is 61.4 Å². The standard InChI is InChI=1S/C28H31N3O2/c1-21(23-13-7-3-8-14-23)30-27(32)25-17-18-26(24-15-9-4-10-16-24)31(20-25)28(33)29-19-22-11-5-2-6-12-22/h2-16,21,25-26H,17-20H2,1H3,(H,29,33)(H,30,32)/t21-,25-,26+/m0/s1. The monoisotopic (exact) mass is 441 g/mol. The van der Waals surface area contributed by atoms with Gasteiger partial charge in [-0.3, -0.25) is 4.79 Å². The van der Waals surface area contributed by atoms with Gasteiger partial charge in [-0.05, 0) is 36.5 Å². The molecule has 0 bridgehead atoms. The van der Waals surface area contributed by atoms with Gasteiger partial charge in [0.25, 0.3) is 0 Å². The Labute approximate surface area is 195 Å². The Balaban J connectivity index is 1.46. The number of benzene rings is 3. The van der Waals surface area contributed by atoms with E-state index < -0.39 is 0 Å². The molecule has 1 heterocycles. The van der Waals surface area contributed by atoms with Crippen LogP contribution in [0.25, 0.3) is 0 Å². The first kappa shape index (κ1) is 22.6. The van der Waals surface area contributed by atoms with Crippen molar-refractivity contribution < 1.29 is 9.59 Å². The highest BCUT2D eigenvalue weighted by Gasteiger charge is 2.35. The zero-order valence-electron chi connectivity index (χ0n) is 19.0. The lowest BCUT2D eigenvalue weighted by molar-refractivity contribution is -0.127. The number of hydrogen-bond donors (Lipinski definition) is 2. The van der Waals surface area contributed by atoms with Crippen LogP contribution in [0.5, 0.6) is 0 Å². The van der Waals surface area contributed by atoms with Gasteiger partial charge >= 0.3 is 6.03 Å². The van der Waals surface area contributed by atoms with Gasteiger partial charge in [0.1, 0.15) is 0 Å². The third kappa shape index (κ3) is 5.80. The Bertz CT molecular complexity index is 1040. The van der Waals surface area contributed by atoms with Crippen molar-refractivity contribution in [1.82, 2.24) is 15.5 Å². The van der Waals surface area contributed by atoms with Crippen LogP contribution in [-0.2, 0) is 11.3 Å². The maximum absolute atomic E-state index is 13.3. The lowest BCUT2D eigenvalue weighted by Gasteiger charge is -2.39. The van der Waals surface area contributed by atoms with Crippen LogP contribution in [0.3, 0.4) is 0 Å². The quantitative estimate of drug-likeness (QED) is 0.550. The minimum atomic E-state index is -0.237. The molecular formula is C28H31N3O2. The average Bonchev–Trinajstić information content (AvgIpc) is 2.88. The van der Waals surface area contributed by atoms with Crippen molar-refractivity contribution >= 4 is 11.9 Å². The fraction of sp³-hybridized carbons (Fsp3) is 0.286. The summed E-state index contributed by atoms with van der Waals surface area (Å²) in [6.45, 7) is 2.85. The molecule has 0 spiro atoms. The van der Waals surface area contributed by atoms with E-state index in [2.05, 4.69) is 22.8 Å². The smallest absolute Gasteiger partial charge is 0.318 e. The summed E-state index contributed by atoms with van der Waals surface area (Å²) in [6, 6.07) is 29.6. The Morgan fingerprint density at radius 1 is 0.879 bits per heavy atom. The van der Waals surface area contributed by atoms with Gasteiger partial charge < -0.3 is 15.5 Å². The highest BCUT2D eigenvalue weighted by Crippen LogP contribution is 2.34. The second-order valence-electron chi connectivity index (χ2n) is 8.64. The number of nitrogens with zero attached hydrogens (tertiary/aromatic N) is 1. The lowest BCUT2D eigenvalue weighted by atomic mass is 9.88. The number of rotatable bonds is 6. The fourth-order valence-corrected chi connectivity index (χ4v) is 4.46. The highest BCUT2D eigenvalue weighted by molar-refractivity contribution is 5.81. The second-order valence-corrected chi connectivity index (χ2v) is 8.64. The van der Waals surface area contributed by atoms with Gasteiger partial charge in [0.15, 0.2) is 0 Å². The van der Waals surface area contributed by atoms with Crippen molar-refractivity contribution in [3.63, 3.8) is 0 Å². The molecule has 0 aliphatic carbocycles. The molecule has 5 nitrogen and oxygen atoms in total. The molecule has 0 unspecified atom stereocenters. The Hall–Kier alpha value is -3.60. The van der Waals surface area contributed by atoms with E-state index >= 15 is 0 Å². The lowest BCUT2D eigenvalue weighted by Crippen LogP contribution is -2.50. The van der Waals surface area contributed by atoms with Crippen LogP contribution < -0.4 is 10.6 Å². The van der Waals surface area contributed by atoms with Crippen LogP contribution in [0.1, 0.15) is 48.5 Å². The third-order valence-electron chi connectivity index (χ3n) is 6.34. The predicted molar refractivity (Wildman–Crippen MR) is 130 cm³/mol. The van der Waals surface area contributed by atoms with Gasteiger partial charge in [-0.1, -0.05) is 91.0 Å². The van der Waals surface area contributed by atoms with Crippen molar-refractivity contribution in [2.45, 2.75) is 38.4 Å². The predicted octanol–water partition coefficient (Wildman–Crippen LogP) is 5.23. The van der Waals surface area contributed by atoms with Crippen LogP contribution in [0.2, 0.25) is 0 Å². The SMILES string of the molecule is C[C@H](NC(=O)[C@H]1CC[C@H](c2ccccc2)N(C(=O)NCc2ccccc2)C1)c1ccccc1. The molecular weight excluding hydrogens is 410 g/mol. The summed E-state index contributed by atoms with van der Waals surface area (Å²) in [5, 5.41) is 6.19. The van der Waals surface area contributed by atoms with Crippen molar-refractivity contribution in [3.05, 3.63) is 108 Å². The number of amides is 3. The van der Waals surface area contributed by atoms with E-state index in [1.165, 1.54) is 0 Å². The van der Waals surface area contributed by atoms with Crippen LogP contribution in [-0.4, -0.2) is 23.4 Å². The van der Waals surface area contributed by atoms with E-state index in [1.807, 2.05) is 90.7 Å². The first-order chi connectivity index (χ1) is 16.1. The molecule has 3 amide bonds. The van der Waals surface area contributed by atoms with E-state index in [9.17, 15) is 9.59 Å². The van der Waals surface area contributed by atoms with Crippen molar-refractivity contribution in [1.29, 1.82) is 0 Å². The maximum atomic E-state index is 13.3. The van der Waals surface area contributed by atoms with Gasteiger partial charge in [-0.2, -0.15) is 0 Å². The number of urea groups is 1. The second kappa shape index (κ2) is 10.8. The molecule has 170 valence electrons. The van der Waals surface area contributed by atoms with Crippen molar-refractivity contribution in [2.75, 3.05) is 6.54 Å². The molecule has 3 aromatic rings. The van der Waals surface area contributed by atoms with E-state index in [4.69, 9.17) is 0 Å². The van der Waals surface area contributed by atoms with E-state index in [0.717, 1.165) is 29.5 Å². The maximum Gasteiger partial charge on any atom is 0.318 e. The molecule has 3 atom stereocenters. The van der Waals surface area contributed by atoms with Crippen molar-refractivity contribution in [3.8, 4) is 0 Å². The van der Waals surface area contributed by atoms with E-state index in [-0.39, 0.29) is 29.9 Å². The third-order valence-corrected chi connectivity index (χ3v) is 6.34. The van der Waals surface area contributed by atoms with Crippen LogP contribution in [0.4, 0.5) is 4.79 Å². The first-order valence-electron chi connectivity index (χ1n) is 11.6. The normalized spacial score (nSPS) is 18.9. The van der Waals surface area contributed by atoms with Gasteiger partial charge in [-0.25, -0.2) is 4.79 Å². The summed E-state index contributed by atoms with van der Waals surface area (Å²) in [5.74, 6) is -0.239. The van der Waals surface area contributed by atoms with Gasteiger partial charge in [0, 0.05) is 13.1 Å². The largest absolute Gasteiger partial charge is 0.349 e. The molecule has 5 heteroatoms. The summed E-state index contributed by atoms with van der Waals surface area (Å²) < 4.78 is 0. The molecule has 33 heavy (non-hydrogen) atoms. The highest BCUT2D eigenvalue weighted by atomic mass is 16.2. The molecule has 0 aromatic heterocycles. The summed E-state index contributed by atoms with van der Waals surface area (Å²) in [5.41, 5.74) is 3.22. The molecule has 4 rings (SSSR count). The molecule has 1 aliphatic heterocycles. The van der Waals surface area contributed by atoms with Crippen LogP contribution in [0.15, 0.2) is 91.0 Å². The van der Waals surface area contributed by atoms with Crippen molar-refractivity contribution in [2.24, 2.45) is 5.92 Å². The Morgan fingerprint density at radius 3 is 2.15 bits per heavy atom. The fourth-order valence-electron chi connectivity index (χ4n) is 4.46. The number of nitrogens with one attached hydrogen (secondary N) is 2. The van der Waals surface area contributed by atoms with Gasteiger partial charge in [0.05, 0.1) is 18.0 Å². The number of likely N-dealkylation sites (tertiary alicyclic amines) is 1. The van der Waals surface area contributed by atoms with Crippen LogP contribution >= 0.6 is 0 Å². The molecule has 1 saturated heterocycles. The molecule has 0 radical (unpaired) electrons. The Kier molecular flexibility index (Phi) is 7.40. The molecule has 1 aliphatic rings. The number of carbonyl (C=O) groups excluding carboxylic acids is 2. The minimum Gasteiger partial charge on any atom is -0.349 e. The first-order valence-corrected chi connectivity index (χ1v) is 11.6.